The number of hydrogen-bond donors (Lipinski definition) is 1. The van der Waals surface area contributed by atoms with Gasteiger partial charge in [0.05, 0.1) is 0 Å². The molecule has 0 saturated carbocycles. The van der Waals surface area contributed by atoms with Crippen LogP contribution in [0.25, 0.3) is 0 Å². The maximum atomic E-state index is 3.54. The normalized spacial score (nSPS) is 12.6. The van der Waals surface area contributed by atoms with Gasteiger partial charge in [0.15, 0.2) is 0 Å². The maximum Gasteiger partial charge on any atom is -0.00175 e. The standard InChI is InChI=1S/C19H33N/c1-4-6-7-8-9-12-19(16-20-5-2)15-18-13-10-11-17(3)14-18/h10-11,13-14,19-20H,4-9,12,15-16H2,1-3H3. The molecule has 0 amide bonds. The Bertz CT molecular complexity index is 345. The zero-order chi connectivity index (χ0) is 14.6. The highest BCUT2D eigenvalue weighted by Crippen LogP contribution is 2.17. The number of hydrogen-bond acceptors (Lipinski definition) is 1. The van der Waals surface area contributed by atoms with Gasteiger partial charge < -0.3 is 5.32 Å². The summed E-state index contributed by atoms with van der Waals surface area (Å²) in [5, 5.41) is 3.54. The summed E-state index contributed by atoms with van der Waals surface area (Å²) in [5.41, 5.74) is 2.88. The van der Waals surface area contributed by atoms with Gasteiger partial charge in [0.1, 0.15) is 0 Å². The molecule has 0 aromatic heterocycles. The summed E-state index contributed by atoms with van der Waals surface area (Å²) in [6.45, 7) is 8.92. The minimum atomic E-state index is 0.790. The third kappa shape index (κ3) is 7.69. The van der Waals surface area contributed by atoms with E-state index in [2.05, 4.69) is 50.4 Å². The summed E-state index contributed by atoms with van der Waals surface area (Å²) in [6.07, 6.45) is 9.54. The van der Waals surface area contributed by atoms with Gasteiger partial charge in [-0.2, -0.15) is 0 Å². The fourth-order valence-electron chi connectivity index (χ4n) is 2.83. The highest BCUT2D eigenvalue weighted by molar-refractivity contribution is 5.22. The molecule has 1 heteroatoms. The van der Waals surface area contributed by atoms with Crippen molar-refractivity contribution in [3.8, 4) is 0 Å². The lowest BCUT2D eigenvalue weighted by molar-refractivity contribution is 0.424. The molecular formula is C19H33N. The molecule has 0 bridgehead atoms. The number of nitrogens with one attached hydrogen (secondary N) is 1. The summed E-state index contributed by atoms with van der Waals surface area (Å²) in [5.74, 6) is 0.790. The van der Waals surface area contributed by atoms with Crippen LogP contribution in [0.4, 0.5) is 0 Å². The lowest BCUT2D eigenvalue weighted by Crippen LogP contribution is -2.24. The molecule has 0 aliphatic rings. The summed E-state index contributed by atoms with van der Waals surface area (Å²) in [6, 6.07) is 9.00. The molecule has 1 unspecified atom stereocenters. The molecular weight excluding hydrogens is 242 g/mol. The second-order valence-electron chi connectivity index (χ2n) is 6.07. The molecule has 0 fully saturated rings. The predicted molar refractivity (Wildman–Crippen MR) is 90.3 cm³/mol. The fraction of sp³-hybridized carbons (Fsp3) is 0.684. The van der Waals surface area contributed by atoms with Gasteiger partial charge in [-0.1, -0.05) is 75.8 Å². The van der Waals surface area contributed by atoms with E-state index in [-0.39, 0.29) is 0 Å². The van der Waals surface area contributed by atoms with Crippen LogP contribution in [0, 0.1) is 12.8 Å². The van der Waals surface area contributed by atoms with E-state index in [1.165, 1.54) is 56.1 Å². The molecule has 1 aromatic carbocycles. The molecule has 1 aromatic rings. The van der Waals surface area contributed by atoms with Gasteiger partial charge in [0.25, 0.3) is 0 Å². The molecule has 0 aliphatic carbocycles. The lowest BCUT2D eigenvalue weighted by Gasteiger charge is -2.17. The first-order chi connectivity index (χ1) is 9.76. The van der Waals surface area contributed by atoms with Gasteiger partial charge in [-0.15, -0.1) is 0 Å². The SMILES string of the molecule is CCCCCCCC(CNCC)Cc1cccc(C)c1. The first-order valence-electron chi connectivity index (χ1n) is 8.52. The third-order valence-corrected chi connectivity index (χ3v) is 4.01. The first-order valence-corrected chi connectivity index (χ1v) is 8.52. The van der Waals surface area contributed by atoms with Crippen LogP contribution in [-0.4, -0.2) is 13.1 Å². The van der Waals surface area contributed by atoms with Crippen LogP contribution in [0.2, 0.25) is 0 Å². The van der Waals surface area contributed by atoms with Crippen molar-refractivity contribution in [3.63, 3.8) is 0 Å². The van der Waals surface area contributed by atoms with Crippen LogP contribution in [0.3, 0.4) is 0 Å². The molecule has 0 aliphatic heterocycles. The third-order valence-electron chi connectivity index (χ3n) is 4.01. The van der Waals surface area contributed by atoms with E-state index in [1.807, 2.05) is 0 Å². The summed E-state index contributed by atoms with van der Waals surface area (Å²) < 4.78 is 0. The Kier molecular flexibility index (Phi) is 9.40. The van der Waals surface area contributed by atoms with Crippen LogP contribution >= 0.6 is 0 Å². The van der Waals surface area contributed by atoms with Crippen molar-refractivity contribution in [1.29, 1.82) is 0 Å². The second-order valence-corrected chi connectivity index (χ2v) is 6.07. The zero-order valence-electron chi connectivity index (χ0n) is 13.8. The molecule has 1 nitrogen and oxygen atoms in total. The average molecular weight is 275 g/mol. The van der Waals surface area contributed by atoms with Crippen LogP contribution in [0.1, 0.15) is 63.5 Å². The largest absolute Gasteiger partial charge is 0.317 e. The minimum absolute atomic E-state index is 0.790. The Morgan fingerprint density at radius 2 is 1.85 bits per heavy atom. The van der Waals surface area contributed by atoms with Gasteiger partial charge >= 0.3 is 0 Å². The smallest absolute Gasteiger partial charge is 0.00175 e. The van der Waals surface area contributed by atoms with E-state index in [4.69, 9.17) is 0 Å². The van der Waals surface area contributed by atoms with Gasteiger partial charge in [-0.3, -0.25) is 0 Å². The maximum absolute atomic E-state index is 3.54. The van der Waals surface area contributed by atoms with Crippen molar-refractivity contribution < 1.29 is 0 Å². The van der Waals surface area contributed by atoms with E-state index in [0.29, 0.717) is 0 Å². The molecule has 1 rings (SSSR count). The van der Waals surface area contributed by atoms with Crippen molar-refractivity contribution >= 4 is 0 Å². The van der Waals surface area contributed by atoms with Gasteiger partial charge in [0.2, 0.25) is 0 Å². The Morgan fingerprint density at radius 1 is 1.05 bits per heavy atom. The Labute approximate surface area is 126 Å². The second kappa shape index (κ2) is 10.9. The predicted octanol–water partition coefficient (Wildman–Crippen LogP) is 5.12. The highest BCUT2D eigenvalue weighted by Gasteiger charge is 2.09. The monoisotopic (exact) mass is 275 g/mol. The van der Waals surface area contributed by atoms with Crippen LogP contribution in [0.5, 0.6) is 0 Å². The zero-order valence-corrected chi connectivity index (χ0v) is 13.8. The molecule has 20 heavy (non-hydrogen) atoms. The number of benzene rings is 1. The van der Waals surface area contributed by atoms with Crippen molar-refractivity contribution in [2.24, 2.45) is 5.92 Å². The highest BCUT2D eigenvalue weighted by atomic mass is 14.8. The van der Waals surface area contributed by atoms with Crippen molar-refractivity contribution in [2.45, 2.75) is 65.7 Å². The Morgan fingerprint density at radius 3 is 2.55 bits per heavy atom. The van der Waals surface area contributed by atoms with E-state index in [1.54, 1.807) is 0 Å². The van der Waals surface area contributed by atoms with Crippen molar-refractivity contribution in [2.75, 3.05) is 13.1 Å². The van der Waals surface area contributed by atoms with Gasteiger partial charge in [-0.25, -0.2) is 0 Å². The molecule has 0 spiro atoms. The fourth-order valence-corrected chi connectivity index (χ4v) is 2.83. The van der Waals surface area contributed by atoms with E-state index < -0.39 is 0 Å². The van der Waals surface area contributed by atoms with Crippen LogP contribution in [-0.2, 0) is 6.42 Å². The Balaban J connectivity index is 2.38. The lowest BCUT2D eigenvalue weighted by atomic mass is 9.92. The quantitative estimate of drug-likeness (QED) is 0.552. The van der Waals surface area contributed by atoms with Gasteiger partial charge in [-0.05, 0) is 44.3 Å². The molecule has 0 radical (unpaired) electrons. The number of unbranched alkanes of at least 4 members (excludes halogenated alkanes) is 4. The Hall–Kier alpha value is -0.820. The molecule has 0 saturated heterocycles. The average Bonchev–Trinajstić information content (AvgIpc) is 2.44. The number of aryl methyl sites for hydroxylation is 1. The van der Waals surface area contributed by atoms with Gasteiger partial charge in [0, 0.05) is 0 Å². The minimum Gasteiger partial charge on any atom is -0.317 e. The molecule has 0 heterocycles. The topological polar surface area (TPSA) is 12.0 Å². The van der Waals surface area contributed by atoms with Crippen molar-refractivity contribution in [3.05, 3.63) is 35.4 Å². The molecule has 1 atom stereocenters. The van der Waals surface area contributed by atoms with Crippen LogP contribution < -0.4 is 5.32 Å². The van der Waals surface area contributed by atoms with Crippen LogP contribution in [0.15, 0.2) is 24.3 Å². The summed E-state index contributed by atoms with van der Waals surface area (Å²) in [4.78, 5) is 0. The van der Waals surface area contributed by atoms with E-state index >= 15 is 0 Å². The number of rotatable bonds is 11. The first kappa shape index (κ1) is 17.2. The van der Waals surface area contributed by atoms with Crippen molar-refractivity contribution in [1.82, 2.24) is 5.32 Å². The summed E-state index contributed by atoms with van der Waals surface area (Å²) >= 11 is 0. The summed E-state index contributed by atoms with van der Waals surface area (Å²) in [7, 11) is 0. The molecule has 114 valence electrons. The van der Waals surface area contributed by atoms with E-state index in [0.717, 1.165) is 19.0 Å². The molecule has 1 N–H and O–H groups in total. The van der Waals surface area contributed by atoms with E-state index in [9.17, 15) is 0 Å².